The minimum Gasteiger partial charge on any atom is -0.346 e. The zero-order valence-corrected chi connectivity index (χ0v) is 13.2. The number of rotatable bonds is 4. The molecule has 0 aromatic carbocycles. The Hall–Kier alpha value is -0.650. The highest BCUT2D eigenvalue weighted by Gasteiger charge is 2.22. The second kappa shape index (κ2) is 6.20. The van der Waals surface area contributed by atoms with E-state index in [9.17, 15) is 0 Å². The van der Waals surface area contributed by atoms with Crippen LogP contribution in [0.3, 0.4) is 0 Å². The standard InChI is InChI=1S/C14H26N4S/c1-14(2,3)12-11-19-13(16-12)18-9-7-17(8-10-18)6-4-5-15/h11H,4-10,15H2,1-3H3. The molecule has 0 unspecified atom stereocenters. The molecule has 2 rings (SSSR count). The second-order valence-corrected chi connectivity index (χ2v) is 7.07. The Morgan fingerprint density at radius 3 is 2.47 bits per heavy atom. The molecule has 5 heteroatoms. The largest absolute Gasteiger partial charge is 0.346 e. The molecular formula is C14H26N4S. The van der Waals surface area contributed by atoms with Gasteiger partial charge < -0.3 is 10.6 Å². The SMILES string of the molecule is CC(C)(C)c1csc(N2CCN(CCCN)CC2)n1. The molecule has 1 saturated heterocycles. The third-order valence-corrected chi connectivity index (χ3v) is 4.48. The van der Waals surface area contributed by atoms with Gasteiger partial charge in [0.25, 0.3) is 0 Å². The molecule has 0 spiro atoms. The Balaban J connectivity index is 1.89. The van der Waals surface area contributed by atoms with Crippen LogP contribution in [-0.4, -0.2) is 49.2 Å². The molecule has 0 bridgehead atoms. The van der Waals surface area contributed by atoms with Crippen LogP contribution in [0.25, 0.3) is 0 Å². The summed E-state index contributed by atoms with van der Waals surface area (Å²) in [5, 5.41) is 3.39. The maximum absolute atomic E-state index is 5.56. The number of hydrogen-bond acceptors (Lipinski definition) is 5. The summed E-state index contributed by atoms with van der Waals surface area (Å²) in [5.74, 6) is 0. The zero-order valence-electron chi connectivity index (χ0n) is 12.4. The van der Waals surface area contributed by atoms with Gasteiger partial charge in [-0.25, -0.2) is 4.98 Å². The van der Waals surface area contributed by atoms with Crippen molar-refractivity contribution in [3.05, 3.63) is 11.1 Å². The van der Waals surface area contributed by atoms with Crippen LogP contribution in [0.2, 0.25) is 0 Å². The molecule has 0 atom stereocenters. The number of piperazine rings is 1. The molecule has 0 amide bonds. The van der Waals surface area contributed by atoms with Gasteiger partial charge in [0.2, 0.25) is 0 Å². The lowest BCUT2D eigenvalue weighted by atomic mass is 9.93. The van der Waals surface area contributed by atoms with Crippen LogP contribution in [0.15, 0.2) is 5.38 Å². The quantitative estimate of drug-likeness (QED) is 0.916. The van der Waals surface area contributed by atoms with Gasteiger partial charge in [-0.3, -0.25) is 4.90 Å². The predicted molar refractivity (Wildman–Crippen MR) is 83.1 cm³/mol. The van der Waals surface area contributed by atoms with E-state index in [1.807, 2.05) is 0 Å². The molecule has 1 fully saturated rings. The summed E-state index contributed by atoms with van der Waals surface area (Å²) in [6.07, 6.45) is 1.10. The van der Waals surface area contributed by atoms with Crippen LogP contribution in [0.1, 0.15) is 32.9 Å². The van der Waals surface area contributed by atoms with E-state index in [1.165, 1.54) is 10.8 Å². The normalized spacial score (nSPS) is 18.0. The Morgan fingerprint density at radius 1 is 1.26 bits per heavy atom. The lowest BCUT2D eigenvalue weighted by Crippen LogP contribution is -2.46. The number of thiazole rings is 1. The summed E-state index contributed by atoms with van der Waals surface area (Å²) in [6.45, 7) is 13.0. The highest BCUT2D eigenvalue weighted by molar-refractivity contribution is 7.13. The molecule has 0 radical (unpaired) electrons. The average Bonchev–Trinajstić information content (AvgIpc) is 2.86. The van der Waals surface area contributed by atoms with Gasteiger partial charge in [-0.15, -0.1) is 11.3 Å². The fourth-order valence-electron chi connectivity index (χ4n) is 2.23. The zero-order chi connectivity index (χ0) is 13.9. The topological polar surface area (TPSA) is 45.4 Å². The van der Waals surface area contributed by atoms with Crippen LogP contribution >= 0.6 is 11.3 Å². The van der Waals surface area contributed by atoms with E-state index in [0.717, 1.165) is 45.7 Å². The number of nitrogens with zero attached hydrogens (tertiary/aromatic N) is 3. The Morgan fingerprint density at radius 2 is 1.95 bits per heavy atom. The maximum atomic E-state index is 5.56. The van der Waals surface area contributed by atoms with Gasteiger partial charge in [0.05, 0.1) is 5.69 Å². The first-order valence-corrected chi connectivity index (χ1v) is 8.02. The predicted octanol–water partition coefficient (Wildman–Crippen LogP) is 1.91. The van der Waals surface area contributed by atoms with Crippen molar-refractivity contribution in [1.29, 1.82) is 0 Å². The maximum Gasteiger partial charge on any atom is 0.185 e. The van der Waals surface area contributed by atoms with E-state index in [1.54, 1.807) is 11.3 Å². The summed E-state index contributed by atoms with van der Waals surface area (Å²) < 4.78 is 0. The van der Waals surface area contributed by atoms with E-state index in [2.05, 4.69) is 36.0 Å². The van der Waals surface area contributed by atoms with E-state index in [-0.39, 0.29) is 5.41 Å². The number of aromatic nitrogens is 1. The van der Waals surface area contributed by atoms with Crippen LogP contribution < -0.4 is 10.6 Å². The Labute approximate surface area is 120 Å². The van der Waals surface area contributed by atoms with Crippen molar-refractivity contribution in [1.82, 2.24) is 9.88 Å². The first kappa shape index (κ1) is 14.8. The van der Waals surface area contributed by atoms with Gasteiger partial charge in [0.15, 0.2) is 5.13 Å². The first-order valence-electron chi connectivity index (χ1n) is 7.14. The number of hydrogen-bond donors (Lipinski definition) is 1. The van der Waals surface area contributed by atoms with Gasteiger partial charge in [-0.05, 0) is 19.5 Å². The van der Waals surface area contributed by atoms with E-state index >= 15 is 0 Å². The monoisotopic (exact) mass is 282 g/mol. The highest BCUT2D eigenvalue weighted by Crippen LogP contribution is 2.28. The number of anilines is 1. The van der Waals surface area contributed by atoms with Crippen LogP contribution in [0.4, 0.5) is 5.13 Å². The van der Waals surface area contributed by atoms with Crippen molar-refractivity contribution in [3.63, 3.8) is 0 Å². The van der Waals surface area contributed by atoms with Crippen LogP contribution in [-0.2, 0) is 5.41 Å². The smallest absolute Gasteiger partial charge is 0.185 e. The molecule has 0 aliphatic carbocycles. The second-order valence-electron chi connectivity index (χ2n) is 6.24. The molecule has 108 valence electrons. The minimum atomic E-state index is 0.150. The van der Waals surface area contributed by atoms with Crippen molar-refractivity contribution in [2.24, 2.45) is 5.73 Å². The fraction of sp³-hybridized carbons (Fsp3) is 0.786. The molecule has 19 heavy (non-hydrogen) atoms. The Kier molecular flexibility index (Phi) is 4.81. The summed E-state index contributed by atoms with van der Waals surface area (Å²) in [7, 11) is 0. The van der Waals surface area contributed by atoms with Crippen LogP contribution in [0, 0.1) is 0 Å². The van der Waals surface area contributed by atoms with Gasteiger partial charge in [-0.2, -0.15) is 0 Å². The van der Waals surface area contributed by atoms with E-state index < -0.39 is 0 Å². The molecule has 2 heterocycles. The van der Waals surface area contributed by atoms with Gasteiger partial charge >= 0.3 is 0 Å². The minimum absolute atomic E-state index is 0.150. The van der Waals surface area contributed by atoms with Gasteiger partial charge in [0.1, 0.15) is 0 Å². The van der Waals surface area contributed by atoms with Crippen LogP contribution in [0.5, 0.6) is 0 Å². The third-order valence-electron chi connectivity index (χ3n) is 3.58. The van der Waals surface area contributed by atoms with Gasteiger partial charge in [0, 0.05) is 37.0 Å². The molecule has 1 aliphatic rings. The van der Waals surface area contributed by atoms with Crippen molar-refractivity contribution in [2.45, 2.75) is 32.6 Å². The third kappa shape index (κ3) is 3.91. The molecule has 2 N–H and O–H groups in total. The molecule has 1 aromatic heterocycles. The van der Waals surface area contributed by atoms with Crippen molar-refractivity contribution < 1.29 is 0 Å². The summed E-state index contributed by atoms with van der Waals surface area (Å²) in [6, 6.07) is 0. The lowest BCUT2D eigenvalue weighted by Gasteiger charge is -2.34. The van der Waals surface area contributed by atoms with Crippen molar-refractivity contribution in [3.8, 4) is 0 Å². The molecule has 1 aliphatic heterocycles. The van der Waals surface area contributed by atoms with Crippen molar-refractivity contribution in [2.75, 3.05) is 44.2 Å². The molecule has 4 nitrogen and oxygen atoms in total. The van der Waals surface area contributed by atoms with Crippen molar-refractivity contribution >= 4 is 16.5 Å². The fourth-order valence-corrected chi connectivity index (χ4v) is 3.34. The molecule has 0 saturated carbocycles. The first-order chi connectivity index (χ1) is 9.00. The van der Waals surface area contributed by atoms with E-state index in [0.29, 0.717) is 0 Å². The molecule has 1 aromatic rings. The number of nitrogens with two attached hydrogens (primary N) is 1. The summed E-state index contributed by atoms with van der Waals surface area (Å²) in [4.78, 5) is 9.72. The van der Waals surface area contributed by atoms with Gasteiger partial charge in [-0.1, -0.05) is 20.8 Å². The summed E-state index contributed by atoms with van der Waals surface area (Å²) >= 11 is 1.78. The molecular weight excluding hydrogens is 256 g/mol. The highest BCUT2D eigenvalue weighted by atomic mass is 32.1. The lowest BCUT2D eigenvalue weighted by molar-refractivity contribution is 0.256. The van der Waals surface area contributed by atoms with E-state index in [4.69, 9.17) is 10.7 Å². The summed E-state index contributed by atoms with van der Waals surface area (Å²) in [5.41, 5.74) is 6.92. The average molecular weight is 282 g/mol. The Bertz CT molecular complexity index is 388.